The van der Waals surface area contributed by atoms with Crippen LogP contribution in [0.1, 0.15) is 10.4 Å². The fraction of sp³-hybridized carbons (Fsp3) is 0.0417. The van der Waals surface area contributed by atoms with Crippen LogP contribution in [0.15, 0.2) is 78.9 Å². The Balaban J connectivity index is 1.57. The third kappa shape index (κ3) is 5.45. The van der Waals surface area contributed by atoms with Crippen molar-refractivity contribution in [3.63, 3.8) is 0 Å². The number of amides is 3. The van der Waals surface area contributed by atoms with E-state index in [9.17, 15) is 9.59 Å². The molecule has 1 heterocycles. The van der Waals surface area contributed by atoms with Crippen LogP contribution in [0.5, 0.6) is 5.75 Å². The van der Waals surface area contributed by atoms with Gasteiger partial charge in [-0.1, -0.05) is 54.1 Å². The Morgan fingerprint density at radius 1 is 0.882 bits per heavy atom. The van der Waals surface area contributed by atoms with Crippen LogP contribution in [0.25, 0.3) is 11.3 Å². The number of rotatable bonds is 6. The molecule has 0 aliphatic carbocycles. The second-order valence-electron chi connectivity index (χ2n) is 6.94. The van der Waals surface area contributed by atoms with E-state index in [1.165, 1.54) is 6.07 Å². The van der Waals surface area contributed by atoms with Gasteiger partial charge in [0, 0.05) is 11.3 Å². The van der Waals surface area contributed by atoms with Crippen molar-refractivity contribution in [3.8, 4) is 17.0 Å². The lowest BCUT2D eigenvalue weighted by Gasteiger charge is -2.12. The number of methoxy groups -OCH3 is 1. The van der Waals surface area contributed by atoms with Gasteiger partial charge in [-0.3, -0.25) is 15.4 Å². The highest BCUT2D eigenvalue weighted by Gasteiger charge is 2.16. The smallest absolute Gasteiger partial charge is 0.328 e. The molecule has 4 rings (SSSR count). The maximum Gasteiger partial charge on any atom is 0.328 e. The molecular weight excluding hydrogens is 456 g/mol. The number of hydrogen-bond acceptors (Lipinski definition) is 7. The normalized spacial score (nSPS) is 10.3. The monoisotopic (exact) mass is 474 g/mol. The number of imide groups is 1. The first-order chi connectivity index (χ1) is 16.5. The zero-order chi connectivity index (χ0) is 23.9. The van der Waals surface area contributed by atoms with Gasteiger partial charge in [0.05, 0.1) is 17.7 Å². The number of nitrogens with zero attached hydrogens (tertiary/aromatic N) is 3. The standard InChI is InChI=1S/C24H19ClN6O3/c1-34-17-13-11-16(12-14-17)26-21-20(15-7-3-2-4-8-15)30-31-23(27-21)29-24(33)28-22(32)18-9-5-6-10-19(18)25/h2-14H,1H3,(H3,26,27,28,29,31,32,33). The Hall–Kier alpha value is -4.50. The van der Waals surface area contributed by atoms with E-state index >= 15 is 0 Å². The van der Waals surface area contributed by atoms with Crippen molar-refractivity contribution in [2.45, 2.75) is 0 Å². The van der Waals surface area contributed by atoms with Crippen molar-refractivity contribution in [1.82, 2.24) is 20.5 Å². The average molecular weight is 475 g/mol. The fourth-order valence-corrected chi connectivity index (χ4v) is 3.24. The zero-order valence-electron chi connectivity index (χ0n) is 17.9. The molecule has 3 amide bonds. The molecule has 0 spiro atoms. The molecule has 0 atom stereocenters. The van der Waals surface area contributed by atoms with Crippen LogP contribution in [0.3, 0.4) is 0 Å². The molecular formula is C24H19ClN6O3. The Morgan fingerprint density at radius 3 is 2.29 bits per heavy atom. The summed E-state index contributed by atoms with van der Waals surface area (Å²) < 4.78 is 5.19. The Morgan fingerprint density at radius 2 is 1.59 bits per heavy atom. The van der Waals surface area contributed by atoms with Crippen LogP contribution in [0.2, 0.25) is 5.02 Å². The predicted octanol–water partition coefficient (Wildman–Crippen LogP) is 4.91. The molecule has 0 saturated carbocycles. The second-order valence-corrected chi connectivity index (χ2v) is 7.35. The van der Waals surface area contributed by atoms with E-state index in [-0.39, 0.29) is 16.5 Å². The Labute approximate surface area is 200 Å². The summed E-state index contributed by atoms with van der Waals surface area (Å²) in [4.78, 5) is 29.1. The minimum atomic E-state index is -0.824. The number of halogens is 1. The first-order valence-electron chi connectivity index (χ1n) is 10.1. The highest BCUT2D eigenvalue weighted by Crippen LogP contribution is 2.27. The summed E-state index contributed by atoms with van der Waals surface area (Å²) in [5, 5.41) is 16.3. The van der Waals surface area contributed by atoms with Crippen LogP contribution in [0.4, 0.5) is 22.2 Å². The van der Waals surface area contributed by atoms with Gasteiger partial charge in [-0.15, -0.1) is 10.2 Å². The summed E-state index contributed by atoms with van der Waals surface area (Å²) in [5.41, 5.74) is 2.15. The number of carbonyl (C=O) groups excluding carboxylic acids is 2. The molecule has 170 valence electrons. The molecule has 3 N–H and O–H groups in total. The largest absolute Gasteiger partial charge is 0.497 e. The van der Waals surface area contributed by atoms with Crippen LogP contribution >= 0.6 is 11.6 Å². The molecule has 0 aliphatic rings. The second kappa shape index (κ2) is 10.4. The third-order valence-electron chi connectivity index (χ3n) is 4.66. The van der Waals surface area contributed by atoms with Crippen molar-refractivity contribution in [1.29, 1.82) is 0 Å². The average Bonchev–Trinajstić information content (AvgIpc) is 2.85. The lowest BCUT2D eigenvalue weighted by molar-refractivity contribution is 0.0967. The van der Waals surface area contributed by atoms with Crippen LogP contribution in [-0.4, -0.2) is 34.2 Å². The number of benzene rings is 3. The fourth-order valence-electron chi connectivity index (χ4n) is 3.02. The van der Waals surface area contributed by atoms with E-state index in [4.69, 9.17) is 16.3 Å². The van der Waals surface area contributed by atoms with E-state index in [0.29, 0.717) is 17.3 Å². The molecule has 0 aliphatic heterocycles. The molecule has 0 bridgehead atoms. The minimum absolute atomic E-state index is 0.0971. The van der Waals surface area contributed by atoms with Crippen molar-refractivity contribution in [2.75, 3.05) is 17.7 Å². The van der Waals surface area contributed by atoms with Gasteiger partial charge in [0.2, 0.25) is 0 Å². The van der Waals surface area contributed by atoms with Gasteiger partial charge in [0.1, 0.15) is 11.4 Å². The predicted molar refractivity (Wildman–Crippen MR) is 129 cm³/mol. The number of aromatic nitrogens is 3. The number of anilines is 3. The van der Waals surface area contributed by atoms with Crippen LogP contribution in [0, 0.1) is 0 Å². The van der Waals surface area contributed by atoms with E-state index in [1.807, 2.05) is 42.5 Å². The van der Waals surface area contributed by atoms with Gasteiger partial charge < -0.3 is 10.1 Å². The Bertz CT molecular complexity index is 1320. The SMILES string of the molecule is COc1ccc(Nc2nc(NC(=O)NC(=O)c3ccccc3Cl)nnc2-c2ccccc2)cc1. The lowest BCUT2D eigenvalue weighted by atomic mass is 10.1. The highest BCUT2D eigenvalue weighted by molar-refractivity contribution is 6.34. The van der Waals surface area contributed by atoms with Gasteiger partial charge in [-0.25, -0.2) is 4.79 Å². The molecule has 1 aromatic heterocycles. The number of hydrogen-bond donors (Lipinski definition) is 3. The highest BCUT2D eigenvalue weighted by atomic mass is 35.5. The number of urea groups is 1. The molecule has 4 aromatic rings. The van der Waals surface area contributed by atoms with Crippen molar-refractivity contribution in [2.24, 2.45) is 0 Å². The van der Waals surface area contributed by atoms with Crippen molar-refractivity contribution in [3.05, 3.63) is 89.4 Å². The first-order valence-corrected chi connectivity index (χ1v) is 10.5. The third-order valence-corrected chi connectivity index (χ3v) is 4.99. The van der Waals surface area contributed by atoms with Crippen LogP contribution in [-0.2, 0) is 0 Å². The number of ether oxygens (including phenoxy) is 1. The molecule has 0 radical (unpaired) electrons. The topological polar surface area (TPSA) is 118 Å². The maximum atomic E-state index is 12.4. The quantitative estimate of drug-likeness (QED) is 0.363. The number of nitrogens with one attached hydrogen (secondary N) is 3. The van der Waals surface area contributed by atoms with Gasteiger partial charge in [0.15, 0.2) is 5.82 Å². The van der Waals surface area contributed by atoms with E-state index in [1.54, 1.807) is 37.4 Å². The summed E-state index contributed by atoms with van der Waals surface area (Å²) in [6.45, 7) is 0. The summed E-state index contributed by atoms with van der Waals surface area (Å²) in [7, 11) is 1.59. The molecule has 10 heteroatoms. The van der Waals surface area contributed by atoms with E-state index in [2.05, 4.69) is 31.1 Å². The summed E-state index contributed by atoms with van der Waals surface area (Å²) in [6.07, 6.45) is 0. The van der Waals surface area contributed by atoms with Crippen molar-refractivity contribution < 1.29 is 14.3 Å². The Kier molecular flexibility index (Phi) is 6.95. The van der Waals surface area contributed by atoms with Gasteiger partial charge >= 0.3 is 6.03 Å². The summed E-state index contributed by atoms with van der Waals surface area (Å²) in [6, 6.07) is 22.2. The summed E-state index contributed by atoms with van der Waals surface area (Å²) in [5.74, 6) is 0.310. The van der Waals surface area contributed by atoms with E-state index < -0.39 is 11.9 Å². The maximum absolute atomic E-state index is 12.4. The van der Waals surface area contributed by atoms with E-state index in [0.717, 1.165) is 11.3 Å². The summed E-state index contributed by atoms with van der Waals surface area (Å²) >= 11 is 6.01. The van der Waals surface area contributed by atoms with Gasteiger partial charge in [0.25, 0.3) is 11.9 Å². The van der Waals surface area contributed by atoms with Crippen molar-refractivity contribution >= 4 is 41.0 Å². The first kappa shape index (κ1) is 22.7. The molecule has 0 fully saturated rings. The molecule has 3 aromatic carbocycles. The van der Waals surface area contributed by atoms with Gasteiger partial charge in [-0.05, 0) is 36.4 Å². The molecule has 34 heavy (non-hydrogen) atoms. The van der Waals surface area contributed by atoms with Crippen LogP contribution < -0.4 is 20.7 Å². The lowest BCUT2D eigenvalue weighted by Crippen LogP contribution is -2.35. The molecule has 9 nitrogen and oxygen atoms in total. The molecule has 0 unspecified atom stereocenters. The zero-order valence-corrected chi connectivity index (χ0v) is 18.7. The minimum Gasteiger partial charge on any atom is -0.497 e. The van der Waals surface area contributed by atoms with Gasteiger partial charge in [-0.2, -0.15) is 4.98 Å². The molecule has 0 saturated heterocycles. The number of carbonyl (C=O) groups is 2.